The Morgan fingerprint density at radius 2 is 1.94 bits per heavy atom. The van der Waals surface area contributed by atoms with Crippen LogP contribution in [0, 0.1) is 0 Å². The van der Waals surface area contributed by atoms with Crippen molar-refractivity contribution in [3.8, 4) is 0 Å². The monoisotopic (exact) mass is 251 g/mol. The summed E-state index contributed by atoms with van der Waals surface area (Å²) in [7, 11) is 1.83. The van der Waals surface area contributed by atoms with Crippen LogP contribution in [0.2, 0.25) is 0 Å². The zero-order valence-corrected chi connectivity index (χ0v) is 11.5. The number of carbonyl (C=O) groups excluding carboxylic acids is 1. The Morgan fingerprint density at radius 3 is 2.56 bits per heavy atom. The maximum atomic E-state index is 11.8. The summed E-state index contributed by atoms with van der Waals surface area (Å²) in [6.45, 7) is 2.96. The van der Waals surface area contributed by atoms with E-state index >= 15 is 0 Å². The maximum Gasteiger partial charge on any atom is 0.267 e. The summed E-state index contributed by atoms with van der Waals surface area (Å²) >= 11 is 0. The second kappa shape index (κ2) is 7.80. The number of amides is 1. The summed E-state index contributed by atoms with van der Waals surface area (Å²) in [5.74, 6) is -0.0391. The van der Waals surface area contributed by atoms with Gasteiger partial charge in [-0.15, -0.1) is 0 Å². The molecule has 4 heteroatoms. The average molecular weight is 251 g/mol. The number of rotatable bonds is 8. The molecule has 0 aliphatic rings. The normalized spacial score (nSPS) is 10.6. The Kier molecular flexibility index (Phi) is 6.33. The molecule has 0 spiro atoms. The van der Waals surface area contributed by atoms with Crippen molar-refractivity contribution >= 4 is 11.6 Å². The van der Waals surface area contributed by atoms with Gasteiger partial charge in [-0.05, 0) is 12.5 Å². The molecule has 0 unspecified atom stereocenters. The second-order valence-corrected chi connectivity index (χ2v) is 4.79. The molecular formula is C14H25N3O. The summed E-state index contributed by atoms with van der Waals surface area (Å²) in [5, 5.41) is 2.93. The summed E-state index contributed by atoms with van der Waals surface area (Å²) < 4.78 is 1.76. The van der Waals surface area contributed by atoms with Crippen molar-refractivity contribution in [2.45, 2.75) is 45.4 Å². The Labute approximate surface area is 110 Å². The lowest BCUT2D eigenvalue weighted by molar-refractivity contribution is 0.0945. The fourth-order valence-electron chi connectivity index (χ4n) is 2.01. The van der Waals surface area contributed by atoms with Crippen LogP contribution in [-0.2, 0) is 7.05 Å². The van der Waals surface area contributed by atoms with E-state index in [9.17, 15) is 4.79 Å². The first-order chi connectivity index (χ1) is 8.65. The Morgan fingerprint density at radius 1 is 1.28 bits per heavy atom. The van der Waals surface area contributed by atoms with E-state index in [4.69, 9.17) is 5.73 Å². The van der Waals surface area contributed by atoms with Crippen LogP contribution in [0.3, 0.4) is 0 Å². The number of hydrogen-bond acceptors (Lipinski definition) is 2. The molecule has 1 aromatic rings. The van der Waals surface area contributed by atoms with Gasteiger partial charge >= 0.3 is 0 Å². The molecule has 102 valence electrons. The van der Waals surface area contributed by atoms with E-state index in [1.165, 1.54) is 32.1 Å². The van der Waals surface area contributed by atoms with E-state index in [0.717, 1.165) is 13.0 Å². The third-order valence-electron chi connectivity index (χ3n) is 3.07. The van der Waals surface area contributed by atoms with Gasteiger partial charge in [0.15, 0.2) is 0 Å². The first-order valence-electron chi connectivity index (χ1n) is 6.85. The summed E-state index contributed by atoms with van der Waals surface area (Å²) in [6, 6.07) is 1.70. The van der Waals surface area contributed by atoms with Gasteiger partial charge in [-0.2, -0.15) is 0 Å². The van der Waals surface area contributed by atoms with Crippen molar-refractivity contribution in [2.24, 2.45) is 7.05 Å². The molecule has 0 saturated heterocycles. The molecule has 1 rings (SSSR count). The molecule has 1 heterocycles. The van der Waals surface area contributed by atoms with Crippen molar-refractivity contribution in [1.29, 1.82) is 0 Å². The molecular weight excluding hydrogens is 226 g/mol. The number of aryl methyl sites for hydroxylation is 1. The summed E-state index contributed by atoms with van der Waals surface area (Å²) in [5.41, 5.74) is 6.89. The first-order valence-corrected chi connectivity index (χ1v) is 6.85. The van der Waals surface area contributed by atoms with Gasteiger partial charge in [0.1, 0.15) is 5.69 Å². The predicted octanol–water partition coefficient (Wildman–Crippen LogP) is 2.70. The van der Waals surface area contributed by atoms with Crippen LogP contribution < -0.4 is 11.1 Å². The van der Waals surface area contributed by atoms with E-state index in [2.05, 4.69) is 12.2 Å². The fraction of sp³-hybridized carbons (Fsp3) is 0.643. The zero-order chi connectivity index (χ0) is 13.4. The van der Waals surface area contributed by atoms with Gasteiger partial charge in [-0.1, -0.05) is 39.0 Å². The van der Waals surface area contributed by atoms with Crippen LogP contribution in [0.1, 0.15) is 55.9 Å². The Bertz CT molecular complexity index is 371. The van der Waals surface area contributed by atoms with E-state index < -0.39 is 0 Å². The molecule has 0 fully saturated rings. The highest BCUT2D eigenvalue weighted by molar-refractivity contribution is 5.93. The van der Waals surface area contributed by atoms with Gasteiger partial charge in [0, 0.05) is 19.8 Å². The lowest BCUT2D eigenvalue weighted by atomic mass is 10.1. The average Bonchev–Trinajstić information content (AvgIpc) is 2.67. The number of unbranched alkanes of at least 4 members (excludes halogenated alkanes) is 5. The maximum absolute atomic E-state index is 11.8. The van der Waals surface area contributed by atoms with Crippen LogP contribution in [0.25, 0.3) is 0 Å². The minimum absolute atomic E-state index is 0.0391. The minimum Gasteiger partial charge on any atom is -0.397 e. The number of nitrogen functional groups attached to an aromatic ring is 1. The molecule has 0 aliphatic carbocycles. The number of nitrogens with one attached hydrogen (secondary N) is 1. The predicted molar refractivity (Wildman–Crippen MR) is 75.5 cm³/mol. The summed E-state index contributed by atoms with van der Waals surface area (Å²) in [6.07, 6.45) is 9.14. The molecule has 0 aliphatic heterocycles. The molecule has 1 aromatic heterocycles. The van der Waals surface area contributed by atoms with Crippen molar-refractivity contribution in [3.63, 3.8) is 0 Å². The van der Waals surface area contributed by atoms with Crippen LogP contribution in [-0.4, -0.2) is 17.0 Å². The van der Waals surface area contributed by atoms with E-state index in [1.807, 2.05) is 7.05 Å². The lowest BCUT2D eigenvalue weighted by Gasteiger charge is -2.05. The molecule has 0 radical (unpaired) electrons. The smallest absolute Gasteiger partial charge is 0.267 e. The molecule has 0 atom stereocenters. The van der Waals surface area contributed by atoms with Crippen molar-refractivity contribution < 1.29 is 4.79 Å². The lowest BCUT2D eigenvalue weighted by Crippen LogP contribution is -2.26. The Hall–Kier alpha value is -1.45. The van der Waals surface area contributed by atoms with E-state index in [0.29, 0.717) is 11.4 Å². The fourth-order valence-corrected chi connectivity index (χ4v) is 2.01. The third kappa shape index (κ3) is 4.82. The third-order valence-corrected chi connectivity index (χ3v) is 3.07. The van der Waals surface area contributed by atoms with Crippen molar-refractivity contribution in [2.75, 3.05) is 12.3 Å². The van der Waals surface area contributed by atoms with Gasteiger partial charge in [-0.25, -0.2) is 0 Å². The number of carbonyl (C=O) groups is 1. The Balaban J connectivity index is 2.16. The topological polar surface area (TPSA) is 60.1 Å². The molecule has 4 nitrogen and oxygen atoms in total. The number of hydrogen-bond donors (Lipinski definition) is 2. The summed E-state index contributed by atoms with van der Waals surface area (Å²) in [4.78, 5) is 11.8. The highest BCUT2D eigenvalue weighted by Crippen LogP contribution is 2.08. The van der Waals surface area contributed by atoms with Gasteiger partial charge in [0.25, 0.3) is 5.91 Å². The van der Waals surface area contributed by atoms with Crippen LogP contribution in [0.15, 0.2) is 12.3 Å². The van der Waals surface area contributed by atoms with Gasteiger partial charge in [-0.3, -0.25) is 4.79 Å². The zero-order valence-electron chi connectivity index (χ0n) is 11.5. The number of nitrogens with two attached hydrogens (primary N) is 1. The standard InChI is InChI=1S/C14H25N3O/c1-3-4-5-6-7-8-9-16-14(18)13-10-12(15)11-17(13)2/h10-11H,3-9,15H2,1-2H3,(H,16,18). The number of nitrogens with zero attached hydrogens (tertiary/aromatic N) is 1. The van der Waals surface area contributed by atoms with E-state index in [-0.39, 0.29) is 5.91 Å². The molecule has 0 aromatic carbocycles. The highest BCUT2D eigenvalue weighted by Gasteiger charge is 2.09. The van der Waals surface area contributed by atoms with E-state index in [1.54, 1.807) is 16.8 Å². The molecule has 0 bridgehead atoms. The second-order valence-electron chi connectivity index (χ2n) is 4.79. The number of anilines is 1. The molecule has 1 amide bonds. The van der Waals surface area contributed by atoms with Crippen LogP contribution >= 0.6 is 0 Å². The quantitative estimate of drug-likeness (QED) is 0.698. The number of aromatic nitrogens is 1. The van der Waals surface area contributed by atoms with Crippen LogP contribution in [0.4, 0.5) is 5.69 Å². The van der Waals surface area contributed by atoms with Gasteiger partial charge in [0.2, 0.25) is 0 Å². The largest absolute Gasteiger partial charge is 0.397 e. The SMILES string of the molecule is CCCCCCCCNC(=O)c1cc(N)cn1C. The van der Waals surface area contributed by atoms with Gasteiger partial charge in [0.05, 0.1) is 5.69 Å². The molecule has 18 heavy (non-hydrogen) atoms. The van der Waals surface area contributed by atoms with Crippen LogP contribution in [0.5, 0.6) is 0 Å². The van der Waals surface area contributed by atoms with Crippen molar-refractivity contribution in [3.05, 3.63) is 18.0 Å². The molecule has 3 N–H and O–H groups in total. The minimum atomic E-state index is -0.0391. The molecule has 0 saturated carbocycles. The van der Waals surface area contributed by atoms with Crippen molar-refractivity contribution in [1.82, 2.24) is 9.88 Å². The highest BCUT2D eigenvalue weighted by atomic mass is 16.1. The first kappa shape index (κ1) is 14.6. The van der Waals surface area contributed by atoms with Gasteiger partial charge < -0.3 is 15.6 Å².